The lowest BCUT2D eigenvalue weighted by molar-refractivity contribution is -0.203. The Morgan fingerprint density at radius 2 is 1.96 bits per heavy atom. The molecule has 1 unspecified atom stereocenters. The fraction of sp³-hybridized carbons (Fsp3) is 0.176. The van der Waals surface area contributed by atoms with Crippen LogP contribution in [0.4, 0.5) is 13.2 Å². The van der Waals surface area contributed by atoms with Gasteiger partial charge in [-0.2, -0.15) is 18.7 Å². The first-order valence-corrected chi connectivity index (χ1v) is 8.09. The minimum atomic E-state index is -5.08. The van der Waals surface area contributed by atoms with E-state index in [1.807, 2.05) is 36.4 Å². The minimum absolute atomic E-state index is 0.0874. The predicted octanol–water partition coefficient (Wildman–Crippen LogP) is 4.10. The molecule has 8 heteroatoms. The summed E-state index contributed by atoms with van der Waals surface area (Å²) in [7, 11) is 0. The van der Waals surface area contributed by atoms with Crippen LogP contribution in [0.5, 0.6) is 0 Å². The molecule has 0 saturated carbocycles. The van der Waals surface area contributed by atoms with Gasteiger partial charge in [0.2, 0.25) is 0 Å². The average Bonchev–Trinajstić information content (AvgIpc) is 2.58. The molecule has 0 aliphatic carbocycles. The zero-order chi connectivity index (χ0) is 18.0. The fourth-order valence-electron chi connectivity index (χ4n) is 2.55. The van der Waals surface area contributed by atoms with Crippen LogP contribution in [0.25, 0.3) is 0 Å². The lowest BCUT2D eigenvalue weighted by atomic mass is 9.92. The van der Waals surface area contributed by atoms with Crippen molar-refractivity contribution in [2.75, 3.05) is 0 Å². The van der Waals surface area contributed by atoms with Gasteiger partial charge >= 0.3 is 12.1 Å². The summed E-state index contributed by atoms with van der Waals surface area (Å²) in [6.45, 7) is 0. The lowest BCUT2D eigenvalue weighted by Gasteiger charge is -2.24. The molecular weight excluding hydrogens is 401 g/mol. The molecular formula is C17H12BrF3N2O2. The number of amidine groups is 1. The summed E-state index contributed by atoms with van der Waals surface area (Å²) in [5.41, 5.74) is 4.46. The van der Waals surface area contributed by atoms with E-state index in [1.165, 1.54) is 0 Å². The Bertz CT molecular complexity index is 837. The van der Waals surface area contributed by atoms with E-state index in [4.69, 9.17) is 0 Å². The van der Waals surface area contributed by atoms with E-state index < -0.39 is 12.1 Å². The number of carbonyl (C=O) groups is 1. The number of alkyl halides is 3. The number of hydroxylamine groups is 1. The Labute approximate surface area is 149 Å². The van der Waals surface area contributed by atoms with Crippen molar-refractivity contribution in [1.29, 1.82) is 0 Å². The number of hydrogen-bond donors (Lipinski definition) is 1. The number of aliphatic imine (C=N–C) groups is 1. The van der Waals surface area contributed by atoms with Crippen LogP contribution in [-0.4, -0.2) is 18.0 Å². The van der Waals surface area contributed by atoms with E-state index in [9.17, 15) is 18.0 Å². The molecule has 130 valence electrons. The monoisotopic (exact) mass is 412 g/mol. The molecule has 1 aliphatic heterocycles. The van der Waals surface area contributed by atoms with Crippen LogP contribution >= 0.6 is 15.9 Å². The van der Waals surface area contributed by atoms with Gasteiger partial charge in [0.05, 0.1) is 6.04 Å². The highest BCUT2D eigenvalue weighted by molar-refractivity contribution is 9.10. The number of nitrogens with zero attached hydrogens (tertiary/aromatic N) is 1. The zero-order valence-corrected chi connectivity index (χ0v) is 14.3. The second-order valence-corrected chi connectivity index (χ2v) is 6.31. The van der Waals surface area contributed by atoms with Crippen LogP contribution < -0.4 is 5.48 Å². The lowest BCUT2D eigenvalue weighted by Crippen LogP contribution is -2.36. The molecule has 0 saturated heterocycles. The van der Waals surface area contributed by atoms with Gasteiger partial charge in [0.25, 0.3) is 0 Å². The molecule has 2 aromatic carbocycles. The van der Waals surface area contributed by atoms with Gasteiger partial charge < -0.3 is 4.84 Å². The molecule has 1 atom stereocenters. The van der Waals surface area contributed by atoms with Crippen LogP contribution in [-0.2, 0) is 16.1 Å². The van der Waals surface area contributed by atoms with Gasteiger partial charge in [-0.15, -0.1) is 0 Å². The summed E-state index contributed by atoms with van der Waals surface area (Å²) >= 11 is 3.39. The number of nitrogens with one attached hydrogen (secondary N) is 1. The SMILES string of the molecule is O=C(ONC1=NC(c2cccc(Br)c2)Cc2ccccc21)C(F)(F)F. The number of hydrogen-bond acceptors (Lipinski definition) is 4. The standard InChI is InChI=1S/C17H12BrF3N2O2/c18-12-6-3-5-11(8-12)14-9-10-4-1-2-7-13(10)15(22-14)23-25-16(24)17(19,20)21/h1-8,14H,9H2,(H,22,23). The molecule has 0 amide bonds. The second-order valence-electron chi connectivity index (χ2n) is 5.40. The maximum absolute atomic E-state index is 12.3. The summed E-state index contributed by atoms with van der Waals surface area (Å²) in [5.74, 6) is -2.23. The smallest absolute Gasteiger partial charge is 0.334 e. The van der Waals surface area contributed by atoms with E-state index in [1.54, 1.807) is 12.1 Å². The van der Waals surface area contributed by atoms with Gasteiger partial charge in [-0.25, -0.2) is 4.79 Å². The van der Waals surface area contributed by atoms with E-state index in [2.05, 4.69) is 31.2 Å². The average molecular weight is 413 g/mol. The number of benzene rings is 2. The second kappa shape index (κ2) is 6.87. The highest BCUT2D eigenvalue weighted by Gasteiger charge is 2.42. The van der Waals surface area contributed by atoms with Crippen LogP contribution in [0.1, 0.15) is 22.7 Å². The number of rotatable bonds is 1. The van der Waals surface area contributed by atoms with Crippen LogP contribution in [0.15, 0.2) is 58.0 Å². The largest absolute Gasteiger partial charge is 0.493 e. The number of carbonyl (C=O) groups excluding carboxylic acids is 1. The summed E-state index contributed by atoms with van der Waals surface area (Å²) < 4.78 is 37.8. The zero-order valence-electron chi connectivity index (χ0n) is 12.7. The molecule has 0 bridgehead atoms. The number of fused-ring (bicyclic) bond motifs is 1. The molecule has 0 aromatic heterocycles. The van der Waals surface area contributed by atoms with Crippen molar-refractivity contribution < 1.29 is 22.8 Å². The quantitative estimate of drug-likeness (QED) is 0.717. The summed E-state index contributed by atoms with van der Waals surface area (Å²) in [6, 6.07) is 14.3. The molecule has 1 aliphatic rings. The fourth-order valence-corrected chi connectivity index (χ4v) is 2.97. The summed E-state index contributed by atoms with van der Waals surface area (Å²) in [5, 5.41) is 0. The van der Waals surface area contributed by atoms with Crippen molar-refractivity contribution in [3.05, 3.63) is 69.7 Å². The van der Waals surface area contributed by atoms with Gasteiger partial charge in [-0.05, 0) is 29.7 Å². The Morgan fingerprint density at radius 1 is 1.20 bits per heavy atom. The molecule has 25 heavy (non-hydrogen) atoms. The third kappa shape index (κ3) is 4.01. The van der Waals surface area contributed by atoms with Crippen molar-refractivity contribution in [3.63, 3.8) is 0 Å². The topological polar surface area (TPSA) is 50.7 Å². The maximum atomic E-state index is 12.3. The van der Waals surface area contributed by atoms with Gasteiger partial charge in [-0.1, -0.05) is 52.3 Å². The van der Waals surface area contributed by atoms with Crippen molar-refractivity contribution in [1.82, 2.24) is 5.48 Å². The van der Waals surface area contributed by atoms with Gasteiger partial charge in [-0.3, -0.25) is 4.99 Å². The van der Waals surface area contributed by atoms with Crippen molar-refractivity contribution in [2.24, 2.45) is 4.99 Å². The summed E-state index contributed by atoms with van der Waals surface area (Å²) in [4.78, 5) is 19.5. The molecule has 1 N–H and O–H groups in total. The molecule has 0 fully saturated rings. The van der Waals surface area contributed by atoms with Crippen LogP contribution in [0.3, 0.4) is 0 Å². The first kappa shape index (κ1) is 17.5. The Balaban J connectivity index is 1.90. The number of halogens is 4. The van der Waals surface area contributed by atoms with Crippen molar-refractivity contribution in [3.8, 4) is 0 Å². The first-order valence-electron chi connectivity index (χ1n) is 7.30. The first-order chi connectivity index (χ1) is 11.8. The Kier molecular flexibility index (Phi) is 4.80. The Hall–Kier alpha value is -2.35. The summed E-state index contributed by atoms with van der Waals surface area (Å²) in [6.07, 6.45) is -4.49. The van der Waals surface area contributed by atoms with E-state index in [0.717, 1.165) is 15.6 Å². The Morgan fingerprint density at radius 3 is 2.68 bits per heavy atom. The van der Waals surface area contributed by atoms with Gasteiger partial charge in [0, 0.05) is 10.0 Å². The van der Waals surface area contributed by atoms with E-state index >= 15 is 0 Å². The van der Waals surface area contributed by atoms with E-state index in [-0.39, 0.29) is 11.9 Å². The van der Waals surface area contributed by atoms with Gasteiger partial charge in [0.1, 0.15) is 0 Å². The normalized spacial score (nSPS) is 16.6. The molecule has 0 spiro atoms. The molecule has 1 heterocycles. The molecule has 4 nitrogen and oxygen atoms in total. The van der Waals surface area contributed by atoms with Crippen LogP contribution in [0, 0.1) is 0 Å². The highest BCUT2D eigenvalue weighted by atomic mass is 79.9. The third-order valence-electron chi connectivity index (χ3n) is 3.68. The molecule has 2 aromatic rings. The predicted molar refractivity (Wildman–Crippen MR) is 88.8 cm³/mol. The van der Waals surface area contributed by atoms with Crippen LogP contribution in [0.2, 0.25) is 0 Å². The maximum Gasteiger partial charge on any atom is 0.493 e. The third-order valence-corrected chi connectivity index (χ3v) is 4.17. The van der Waals surface area contributed by atoms with Gasteiger partial charge in [0.15, 0.2) is 5.84 Å². The highest BCUT2D eigenvalue weighted by Crippen LogP contribution is 2.30. The molecule has 3 rings (SSSR count). The van der Waals surface area contributed by atoms with Crippen molar-refractivity contribution in [2.45, 2.75) is 18.6 Å². The molecule has 0 radical (unpaired) electrons. The van der Waals surface area contributed by atoms with E-state index in [0.29, 0.717) is 12.0 Å². The minimum Gasteiger partial charge on any atom is -0.334 e. The van der Waals surface area contributed by atoms with Crippen molar-refractivity contribution >= 4 is 27.7 Å².